The van der Waals surface area contributed by atoms with Gasteiger partial charge in [0.15, 0.2) is 11.6 Å². The second-order valence-electron chi connectivity index (χ2n) is 7.43. The number of amides is 1. The summed E-state index contributed by atoms with van der Waals surface area (Å²) in [6, 6.07) is 12.8. The summed E-state index contributed by atoms with van der Waals surface area (Å²) >= 11 is 0. The molecule has 0 aliphatic heterocycles. The Balaban J connectivity index is 1.42. The predicted molar refractivity (Wildman–Crippen MR) is 121 cm³/mol. The fraction of sp³-hybridized carbons (Fsp3) is 0.217. The van der Waals surface area contributed by atoms with Crippen LogP contribution in [0.1, 0.15) is 40.4 Å². The van der Waals surface area contributed by atoms with Gasteiger partial charge in [-0.15, -0.1) is 10.2 Å². The molecule has 0 saturated carbocycles. The van der Waals surface area contributed by atoms with E-state index in [9.17, 15) is 4.79 Å². The number of benzene rings is 1. The molecule has 0 aliphatic rings. The summed E-state index contributed by atoms with van der Waals surface area (Å²) in [5.74, 6) is 1.25. The van der Waals surface area contributed by atoms with Crippen LogP contribution in [-0.2, 0) is 13.6 Å². The third kappa shape index (κ3) is 4.61. The monoisotopic (exact) mass is 428 g/mol. The van der Waals surface area contributed by atoms with Crippen molar-refractivity contribution in [2.24, 2.45) is 7.05 Å². The molecule has 0 radical (unpaired) electrons. The molecule has 0 bridgehead atoms. The number of aromatic nitrogens is 6. The van der Waals surface area contributed by atoms with Gasteiger partial charge in [-0.2, -0.15) is 0 Å². The topological polar surface area (TPSA) is 111 Å². The molecule has 1 amide bonds. The van der Waals surface area contributed by atoms with Crippen LogP contribution in [0.5, 0.6) is 0 Å². The van der Waals surface area contributed by atoms with E-state index in [1.165, 1.54) is 6.33 Å². The van der Waals surface area contributed by atoms with Gasteiger partial charge in [-0.3, -0.25) is 9.78 Å². The number of nitrogens with one attached hydrogen (secondary N) is 2. The fourth-order valence-corrected chi connectivity index (χ4v) is 3.41. The van der Waals surface area contributed by atoms with Crippen molar-refractivity contribution in [3.8, 4) is 11.5 Å². The highest BCUT2D eigenvalue weighted by molar-refractivity contribution is 5.95. The molecule has 162 valence electrons. The molecule has 0 saturated heterocycles. The zero-order valence-corrected chi connectivity index (χ0v) is 18.1. The molecule has 9 heteroatoms. The lowest BCUT2D eigenvalue weighted by Gasteiger charge is -2.16. The molecule has 1 atom stereocenters. The molecular formula is C23H24N8O. The summed E-state index contributed by atoms with van der Waals surface area (Å²) in [4.78, 5) is 25.3. The van der Waals surface area contributed by atoms with Crippen molar-refractivity contribution in [1.82, 2.24) is 35.0 Å². The Labute approximate surface area is 186 Å². The van der Waals surface area contributed by atoms with E-state index >= 15 is 0 Å². The van der Waals surface area contributed by atoms with Crippen LogP contribution in [0.3, 0.4) is 0 Å². The lowest BCUT2D eigenvalue weighted by atomic mass is 10.1. The third-order valence-electron chi connectivity index (χ3n) is 5.16. The third-order valence-corrected chi connectivity index (χ3v) is 5.16. The number of anilines is 1. The first kappa shape index (κ1) is 21.1. The maximum Gasteiger partial charge on any atom is 0.251 e. The number of nitrogens with zero attached hydrogens (tertiary/aromatic N) is 6. The molecular weight excluding hydrogens is 404 g/mol. The highest BCUT2D eigenvalue weighted by Crippen LogP contribution is 2.18. The first-order valence-corrected chi connectivity index (χ1v) is 10.2. The van der Waals surface area contributed by atoms with E-state index < -0.39 is 0 Å². The highest BCUT2D eigenvalue weighted by Gasteiger charge is 2.15. The maximum atomic E-state index is 12.8. The van der Waals surface area contributed by atoms with E-state index in [2.05, 4.69) is 35.8 Å². The first-order valence-electron chi connectivity index (χ1n) is 10.2. The van der Waals surface area contributed by atoms with E-state index in [0.29, 0.717) is 23.6 Å². The van der Waals surface area contributed by atoms with Crippen LogP contribution in [0.4, 0.5) is 5.69 Å². The highest BCUT2D eigenvalue weighted by atomic mass is 16.1. The summed E-state index contributed by atoms with van der Waals surface area (Å²) in [5, 5.41) is 14.8. The average molecular weight is 429 g/mol. The van der Waals surface area contributed by atoms with Crippen molar-refractivity contribution in [3.63, 3.8) is 0 Å². The van der Waals surface area contributed by atoms with Crippen molar-refractivity contribution < 1.29 is 4.79 Å². The molecule has 2 N–H and O–H groups in total. The largest absolute Gasteiger partial charge is 0.378 e. The van der Waals surface area contributed by atoms with Crippen LogP contribution in [0, 0.1) is 6.92 Å². The Kier molecular flexibility index (Phi) is 6.16. The minimum absolute atomic E-state index is 0.157. The molecule has 0 aliphatic carbocycles. The van der Waals surface area contributed by atoms with Crippen LogP contribution >= 0.6 is 0 Å². The smallest absolute Gasteiger partial charge is 0.251 e. The van der Waals surface area contributed by atoms with Gasteiger partial charge in [-0.25, -0.2) is 9.97 Å². The van der Waals surface area contributed by atoms with E-state index in [1.807, 2.05) is 55.8 Å². The van der Waals surface area contributed by atoms with Crippen molar-refractivity contribution in [2.45, 2.75) is 26.4 Å². The Morgan fingerprint density at radius 3 is 2.75 bits per heavy atom. The SMILES string of the molecule is Cc1cccnc1[C@H](C)NC(=O)c1cccc(NCc2nnc(-c3ccncn3)n2C)c1. The second kappa shape index (κ2) is 9.34. The van der Waals surface area contributed by atoms with Crippen molar-refractivity contribution in [1.29, 1.82) is 0 Å². The Hall–Kier alpha value is -4.14. The van der Waals surface area contributed by atoms with Crippen molar-refractivity contribution in [3.05, 3.63) is 83.8 Å². The first-order chi connectivity index (χ1) is 15.5. The van der Waals surface area contributed by atoms with Gasteiger partial charge in [0, 0.05) is 30.7 Å². The molecule has 3 aromatic heterocycles. The van der Waals surface area contributed by atoms with Gasteiger partial charge in [0.25, 0.3) is 5.91 Å². The van der Waals surface area contributed by atoms with E-state index in [0.717, 1.165) is 22.8 Å². The van der Waals surface area contributed by atoms with Gasteiger partial charge >= 0.3 is 0 Å². The lowest BCUT2D eigenvalue weighted by molar-refractivity contribution is 0.0939. The summed E-state index contributed by atoms with van der Waals surface area (Å²) in [7, 11) is 1.89. The van der Waals surface area contributed by atoms with Gasteiger partial charge in [-0.05, 0) is 49.7 Å². The molecule has 0 unspecified atom stereocenters. The summed E-state index contributed by atoms with van der Waals surface area (Å²) in [5.41, 5.74) is 3.98. The predicted octanol–water partition coefficient (Wildman–Crippen LogP) is 3.08. The molecule has 0 fully saturated rings. The number of hydrogen-bond acceptors (Lipinski definition) is 7. The molecule has 9 nitrogen and oxygen atoms in total. The Bertz CT molecular complexity index is 1220. The zero-order valence-electron chi connectivity index (χ0n) is 18.1. The number of pyridine rings is 1. The Morgan fingerprint density at radius 2 is 1.97 bits per heavy atom. The van der Waals surface area contributed by atoms with Gasteiger partial charge < -0.3 is 15.2 Å². The van der Waals surface area contributed by atoms with Gasteiger partial charge in [0.05, 0.1) is 18.3 Å². The van der Waals surface area contributed by atoms with Gasteiger partial charge in [0.2, 0.25) is 0 Å². The fourth-order valence-electron chi connectivity index (χ4n) is 3.41. The standard InChI is InChI=1S/C23H24N8O/c1-15-6-5-10-25-21(15)16(2)28-23(32)17-7-4-8-18(12-17)26-13-20-29-30-22(31(20)3)19-9-11-24-14-27-19/h4-12,14,16,26H,13H2,1-3H3,(H,28,32)/t16-/m0/s1. The van der Waals surface area contributed by atoms with Crippen LogP contribution in [-0.4, -0.2) is 35.6 Å². The quantitative estimate of drug-likeness (QED) is 0.465. The normalized spacial score (nSPS) is 11.7. The number of carbonyl (C=O) groups is 1. The van der Waals surface area contributed by atoms with E-state index in [-0.39, 0.29) is 11.9 Å². The number of rotatable bonds is 7. The van der Waals surface area contributed by atoms with Crippen molar-refractivity contribution in [2.75, 3.05) is 5.32 Å². The summed E-state index contributed by atoms with van der Waals surface area (Å²) in [6.07, 6.45) is 4.88. The number of hydrogen-bond donors (Lipinski definition) is 2. The number of carbonyl (C=O) groups excluding carboxylic acids is 1. The van der Waals surface area contributed by atoms with Crippen LogP contribution in [0.2, 0.25) is 0 Å². The second-order valence-corrected chi connectivity index (χ2v) is 7.43. The minimum Gasteiger partial charge on any atom is -0.378 e. The summed E-state index contributed by atoms with van der Waals surface area (Å²) in [6.45, 7) is 4.36. The van der Waals surface area contributed by atoms with Crippen LogP contribution < -0.4 is 10.6 Å². The molecule has 0 spiro atoms. The molecule has 1 aromatic carbocycles. The Morgan fingerprint density at radius 1 is 1.09 bits per heavy atom. The van der Waals surface area contributed by atoms with Gasteiger partial charge in [0.1, 0.15) is 12.0 Å². The van der Waals surface area contributed by atoms with E-state index in [4.69, 9.17) is 0 Å². The van der Waals surface area contributed by atoms with Crippen LogP contribution in [0.25, 0.3) is 11.5 Å². The minimum atomic E-state index is -0.195. The number of aryl methyl sites for hydroxylation is 1. The summed E-state index contributed by atoms with van der Waals surface area (Å²) < 4.78 is 1.88. The van der Waals surface area contributed by atoms with Gasteiger partial charge in [-0.1, -0.05) is 12.1 Å². The lowest BCUT2D eigenvalue weighted by Crippen LogP contribution is -2.27. The zero-order chi connectivity index (χ0) is 22.5. The van der Waals surface area contributed by atoms with Crippen molar-refractivity contribution >= 4 is 11.6 Å². The van der Waals surface area contributed by atoms with Crippen LogP contribution in [0.15, 0.2) is 61.2 Å². The molecule has 4 rings (SSSR count). The average Bonchev–Trinajstić information content (AvgIpc) is 3.19. The molecule has 3 heterocycles. The van der Waals surface area contributed by atoms with E-state index in [1.54, 1.807) is 24.5 Å². The molecule has 4 aromatic rings. The molecule has 32 heavy (non-hydrogen) atoms. The maximum absolute atomic E-state index is 12.8.